The van der Waals surface area contributed by atoms with E-state index in [-0.39, 0.29) is 17.2 Å². The number of ketones is 1. The van der Waals surface area contributed by atoms with Crippen molar-refractivity contribution in [1.82, 2.24) is 4.72 Å². The van der Waals surface area contributed by atoms with Crippen molar-refractivity contribution in [3.8, 4) is 0 Å². The highest BCUT2D eigenvalue weighted by Gasteiger charge is 2.15. The van der Waals surface area contributed by atoms with E-state index in [1.54, 1.807) is 48.5 Å². The van der Waals surface area contributed by atoms with Gasteiger partial charge in [0.25, 0.3) is 0 Å². The Morgan fingerprint density at radius 3 is 2.32 bits per heavy atom. The minimum Gasteiger partial charge on any atom is -0.288 e. The lowest BCUT2D eigenvalue weighted by molar-refractivity contribution is 0.104. The highest BCUT2D eigenvalue weighted by Crippen LogP contribution is 2.21. The third kappa shape index (κ3) is 4.22. The Hall–Kier alpha value is -2.28. The number of sulfonamides is 1. The largest absolute Gasteiger partial charge is 0.288 e. The van der Waals surface area contributed by atoms with E-state index in [2.05, 4.69) is 4.72 Å². The predicted molar refractivity (Wildman–Crippen MR) is 99.4 cm³/mol. The number of hydrogen-bond acceptors (Lipinski definition) is 4. The molecular formula is C19H17NO3S2. The summed E-state index contributed by atoms with van der Waals surface area (Å²) in [6.45, 7) is 2.06. The molecule has 1 N–H and O–H groups in total. The second-order valence-corrected chi connectivity index (χ2v) is 8.53. The Labute approximate surface area is 151 Å². The fourth-order valence-corrected chi connectivity index (χ4v) is 4.30. The summed E-state index contributed by atoms with van der Waals surface area (Å²) < 4.78 is 27.2. The van der Waals surface area contributed by atoms with Gasteiger partial charge in [0.05, 0.1) is 9.77 Å². The summed E-state index contributed by atoms with van der Waals surface area (Å²) >= 11 is 1.30. The van der Waals surface area contributed by atoms with Crippen LogP contribution in [0.5, 0.6) is 0 Å². The molecule has 0 bridgehead atoms. The van der Waals surface area contributed by atoms with Crippen LogP contribution >= 0.6 is 11.3 Å². The molecular weight excluding hydrogens is 354 g/mol. The topological polar surface area (TPSA) is 63.2 Å². The summed E-state index contributed by atoms with van der Waals surface area (Å²) in [5.41, 5.74) is 1.62. The monoisotopic (exact) mass is 371 g/mol. The van der Waals surface area contributed by atoms with E-state index < -0.39 is 10.0 Å². The van der Waals surface area contributed by atoms with E-state index in [0.29, 0.717) is 10.4 Å². The second-order valence-electron chi connectivity index (χ2n) is 5.60. The number of rotatable bonds is 6. The zero-order valence-electron chi connectivity index (χ0n) is 13.6. The fraction of sp³-hybridized carbons (Fsp3) is 0.105. The number of hydrogen-bond donors (Lipinski definition) is 1. The summed E-state index contributed by atoms with van der Waals surface area (Å²) in [6, 6.07) is 19.2. The SMILES string of the molecule is Cc1ccc(S(=O)(=O)NCc2ccc(C(=O)c3ccccc3)s2)cc1. The average molecular weight is 371 g/mol. The van der Waals surface area contributed by atoms with Crippen molar-refractivity contribution in [2.24, 2.45) is 0 Å². The van der Waals surface area contributed by atoms with E-state index in [9.17, 15) is 13.2 Å². The number of thiophene rings is 1. The Kier molecular flexibility index (Phi) is 5.13. The molecule has 4 nitrogen and oxygen atoms in total. The molecule has 6 heteroatoms. The van der Waals surface area contributed by atoms with E-state index in [0.717, 1.165) is 10.4 Å². The molecule has 0 aliphatic rings. The summed E-state index contributed by atoms with van der Waals surface area (Å²) in [5, 5.41) is 0. The van der Waals surface area contributed by atoms with Gasteiger partial charge in [-0.1, -0.05) is 48.0 Å². The molecule has 1 heterocycles. The molecule has 2 aromatic carbocycles. The normalized spacial score (nSPS) is 11.4. The molecule has 0 fully saturated rings. The van der Waals surface area contributed by atoms with Crippen molar-refractivity contribution in [1.29, 1.82) is 0 Å². The summed E-state index contributed by atoms with van der Waals surface area (Å²) in [6.07, 6.45) is 0. The van der Waals surface area contributed by atoms with Crippen LogP contribution in [0.4, 0.5) is 0 Å². The van der Waals surface area contributed by atoms with Crippen molar-refractivity contribution in [2.75, 3.05) is 0 Å². The third-order valence-corrected chi connectivity index (χ3v) is 6.19. The molecule has 1 aromatic heterocycles. The van der Waals surface area contributed by atoms with E-state index in [1.165, 1.54) is 11.3 Å². The van der Waals surface area contributed by atoms with Gasteiger partial charge in [0.1, 0.15) is 0 Å². The molecule has 3 aromatic rings. The van der Waals surface area contributed by atoms with Crippen LogP contribution in [0.15, 0.2) is 71.6 Å². The maximum atomic E-state index is 12.4. The number of carbonyl (C=O) groups excluding carboxylic acids is 1. The van der Waals surface area contributed by atoms with Gasteiger partial charge in [0.15, 0.2) is 0 Å². The smallest absolute Gasteiger partial charge is 0.240 e. The van der Waals surface area contributed by atoms with Crippen molar-refractivity contribution in [3.05, 3.63) is 87.6 Å². The van der Waals surface area contributed by atoms with Crippen LogP contribution < -0.4 is 4.72 Å². The first-order valence-electron chi connectivity index (χ1n) is 7.70. The minimum absolute atomic E-state index is 0.0572. The predicted octanol–water partition coefficient (Wildman–Crippen LogP) is 3.77. The molecule has 0 radical (unpaired) electrons. The summed E-state index contributed by atoms with van der Waals surface area (Å²) in [4.78, 5) is 14.0. The van der Waals surface area contributed by atoms with Crippen LogP contribution in [0.25, 0.3) is 0 Å². The van der Waals surface area contributed by atoms with Gasteiger partial charge in [-0.2, -0.15) is 0 Å². The molecule has 25 heavy (non-hydrogen) atoms. The number of benzene rings is 2. The van der Waals surface area contributed by atoms with Gasteiger partial charge in [-0.3, -0.25) is 4.79 Å². The maximum Gasteiger partial charge on any atom is 0.240 e. The van der Waals surface area contributed by atoms with E-state index in [1.807, 2.05) is 25.1 Å². The Morgan fingerprint density at radius 1 is 0.960 bits per heavy atom. The van der Waals surface area contributed by atoms with Gasteiger partial charge >= 0.3 is 0 Å². The van der Waals surface area contributed by atoms with Gasteiger partial charge in [0, 0.05) is 17.0 Å². The van der Waals surface area contributed by atoms with Crippen molar-refractivity contribution < 1.29 is 13.2 Å². The summed E-state index contributed by atoms with van der Waals surface area (Å²) in [7, 11) is -3.57. The van der Waals surface area contributed by atoms with Crippen LogP contribution in [0, 0.1) is 6.92 Å². The van der Waals surface area contributed by atoms with E-state index in [4.69, 9.17) is 0 Å². The molecule has 0 saturated carbocycles. The Bertz CT molecular complexity index is 975. The maximum absolute atomic E-state index is 12.4. The van der Waals surface area contributed by atoms with Gasteiger partial charge < -0.3 is 0 Å². The van der Waals surface area contributed by atoms with Gasteiger partial charge in [-0.05, 0) is 31.2 Å². The average Bonchev–Trinajstić information content (AvgIpc) is 3.10. The lowest BCUT2D eigenvalue weighted by Crippen LogP contribution is -2.22. The quantitative estimate of drug-likeness (QED) is 0.671. The Morgan fingerprint density at radius 2 is 1.64 bits per heavy atom. The van der Waals surface area contributed by atoms with Gasteiger partial charge in [-0.25, -0.2) is 13.1 Å². The van der Waals surface area contributed by atoms with Crippen LogP contribution in [0.2, 0.25) is 0 Å². The van der Waals surface area contributed by atoms with Crippen LogP contribution in [0.1, 0.15) is 25.7 Å². The fourth-order valence-electron chi connectivity index (χ4n) is 2.29. The third-order valence-electron chi connectivity index (χ3n) is 3.69. The van der Waals surface area contributed by atoms with Crippen LogP contribution in [-0.4, -0.2) is 14.2 Å². The molecule has 0 amide bonds. The second kappa shape index (κ2) is 7.31. The molecule has 0 saturated heterocycles. The van der Waals surface area contributed by atoms with Crippen molar-refractivity contribution in [3.63, 3.8) is 0 Å². The number of aryl methyl sites for hydroxylation is 1. The molecule has 128 valence electrons. The number of carbonyl (C=O) groups is 1. The molecule has 3 rings (SSSR count). The van der Waals surface area contributed by atoms with Crippen LogP contribution in [0.3, 0.4) is 0 Å². The molecule has 0 unspecified atom stereocenters. The lowest BCUT2D eigenvalue weighted by atomic mass is 10.1. The zero-order chi connectivity index (χ0) is 17.9. The highest BCUT2D eigenvalue weighted by molar-refractivity contribution is 7.89. The van der Waals surface area contributed by atoms with Crippen molar-refractivity contribution >= 4 is 27.1 Å². The molecule has 0 spiro atoms. The molecule has 0 atom stereocenters. The Balaban J connectivity index is 1.69. The summed E-state index contributed by atoms with van der Waals surface area (Å²) in [5.74, 6) is -0.0572. The molecule has 0 aliphatic carbocycles. The van der Waals surface area contributed by atoms with E-state index >= 15 is 0 Å². The first kappa shape index (κ1) is 17.5. The first-order valence-corrected chi connectivity index (χ1v) is 10.0. The molecule has 0 aliphatic heterocycles. The minimum atomic E-state index is -3.57. The van der Waals surface area contributed by atoms with Crippen molar-refractivity contribution in [2.45, 2.75) is 18.4 Å². The first-order chi connectivity index (χ1) is 12.0. The number of nitrogens with one attached hydrogen (secondary N) is 1. The standard InChI is InChI=1S/C19H17NO3S2/c1-14-7-10-17(11-8-14)25(22,23)20-13-16-9-12-18(24-16)19(21)15-5-3-2-4-6-15/h2-12,20H,13H2,1H3. The van der Waals surface area contributed by atoms with Gasteiger partial charge in [0.2, 0.25) is 15.8 Å². The van der Waals surface area contributed by atoms with Gasteiger partial charge in [-0.15, -0.1) is 11.3 Å². The lowest BCUT2D eigenvalue weighted by Gasteiger charge is -2.05. The zero-order valence-corrected chi connectivity index (χ0v) is 15.2. The highest BCUT2D eigenvalue weighted by atomic mass is 32.2. The van der Waals surface area contributed by atoms with Crippen LogP contribution in [-0.2, 0) is 16.6 Å².